The van der Waals surface area contributed by atoms with Gasteiger partial charge in [-0.2, -0.15) is 11.3 Å². The van der Waals surface area contributed by atoms with Gasteiger partial charge in [0.1, 0.15) is 11.4 Å². The van der Waals surface area contributed by atoms with Crippen LogP contribution < -0.4 is 20.7 Å². The summed E-state index contributed by atoms with van der Waals surface area (Å²) < 4.78 is 5.44. The molecule has 0 saturated heterocycles. The average molecular weight is 572 g/mol. The number of hydrogen-bond acceptors (Lipinski definition) is 6. The van der Waals surface area contributed by atoms with Gasteiger partial charge < -0.3 is 20.7 Å². The predicted octanol–water partition coefficient (Wildman–Crippen LogP) is 6.68. The Morgan fingerprint density at radius 2 is 1.70 bits per heavy atom. The number of hydrogen-bond donors (Lipinski definition) is 3. The molecular weight excluding hydrogens is 542 g/mol. The Kier molecular flexibility index (Phi) is 10.1. The number of nitrogens with one attached hydrogen (secondary N) is 3. The van der Waals surface area contributed by atoms with E-state index in [2.05, 4.69) is 16.0 Å². The molecule has 3 aromatic carbocycles. The largest absolute Gasteiger partial charge is 0.494 e. The molecule has 0 aliphatic heterocycles. The molecule has 4 rings (SSSR count). The minimum Gasteiger partial charge on any atom is -0.494 e. The highest BCUT2D eigenvalue weighted by molar-refractivity contribution is 8.00. The third kappa shape index (κ3) is 8.33. The lowest BCUT2D eigenvalue weighted by Crippen LogP contribution is -2.30. The van der Waals surface area contributed by atoms with Crippen LogP contribution in [0.2, 0.25) is 0 Å². The van der Waals surface area contributed by atoms with Crippen molar-refractivity contribution in [2.75, 3.05) is 17.2 Å². The fraction of sp³-hybridized carbons (Fsp3) is 0.129. The summed E-state index contributed by atoms with van der Waals surface area (Å²) in [6, 6.07) is 25.0. The standard InChI is InChI=1S/C31H29N3O4S2/c1-3-38-26-14-12-24(13-15-26)32-29(35)21(2)40-27-11-7-10-25(19-27)33-31(37)28(18-22-16-17-39-20-22)34-30(36)23-8-5-4-6-9-23/h4-21H,3H2,1-2H3,(H,32,35)(H,33,37)(H,34,36)/b28-18-. The summed E-state index contributed by atoms with van der Waals surface area (Å²) in [7, 11) is 0. The van der Waals surface area contributed by atoms with Gasteiger partial charge in [-0.15, -0.1) is 11.8 Å². The van der Waals surface area contributed by atoms with E-state index < -0.39 is 11.2 Å². The van der Waals surface area contributed by atoms with Crippen molar-refractivity contribution >= 4 is 58.3 Å². The van der Waals surface area contributed by atoms with Gasteiger partial charge in [-0.1, -0.05) is 24.3 Å². The topological polar surface area (TPSA) is 96.5 Å². The van der Waals surface area contributed by atoms with Crippen LogP contribution in [0.1, 0.15) is 29.8 Å². The van der Waals surface area contributed by atoms with E-state index in [4.69, 9.17) is 4.74 Å². The Morgan fingerprint density at radius 3 is 2.40 bits per heavy atom. The molecule has 0 radical (unpaired) electrons. The molecule has 0 bridgehead atoms. The van der Waals surface area contributed by atoms with E-state index in [1.165, 1.54) is 23.1 Å². The van der Waals surface area contributed by atoms with Gasteiger partial charge in [-0.3, -0.25) is 14.4 Å². The second-order valence-corrected chi connectivity index (χ2v) is 10.8. The highest BCUT2D eigenvalue weighted by atomic mass is 32.2. The normalized spacial score (nSPS) is 11.8. The van der Waals surface area contributed by atoms with E-state index in [-0.39, 0.29) is 17.5 Å². The Bertz CT molecular complexity index is 1470. The molecule has 0 spiro atoms. The molecule has 4 aromatic rings. The van der Waals surface area contributed by atoms with Crippen molar-refractivity contribution in [3.8, 4) is 5.75 Å². The molecule has 40 heavy (non-hydrogen) atoms. The molecule has 1 atom stereocenters. The van der Waals surface area contributed by atoms with Gasteiger partial charge in [-0.25, -0.2) is 0 Å². The Labute approximate surface area is 241 Å². The minimum absolute atomic E-state index is 0.119. The Balaban J connectivity index is 1.41. The van der Waals surface area contributed by atoms with Crippen LogP contribution >= 0.6 is 23.1 Å². The van der Waals surface area contributed by atoms with Crippen molar-refractivity contribution in [2.24, 2.45) is 0 Å². The van der Waals surface area contributed by atoms with E-state index in [1.807, 2.05) is 54.9 Å². The number of carbonyl (C=O) groups is 3. The molecule has 0 aliphatic rings. The van der Waals surface area contributed by atoms with Crippen LogP contribution in [0.15, 0.2) is 106 Å². The van der Waals surface area contributed by atoms with Gasteiger partial charge in [0.2, 0.25) is 5.91 Å². The van der Waals surface area contributed by atoms with Gasteiger partial charge >= 0.3 is 0 Å². The van der Waals surface area contributed by atoms with Crippen molar-refractivity contribution in [3.63, 3.8) is 0 Å². The van der Waals surface area contributed by atoms with E-state index in [0.29, 0.717) is 23.5 Å². The first kappa shape index (κ1) is 28.7. The monoisotopic (exact) mass is 571 g/mol. The van der Waals surface area contributed by atoms with Crippen molar-refractivity contribution in [1.82, 2.24) is 5.32 Å². The number of ether oxygens (including phenoxy) is 1. The van der Waals surface area contributed by atoms with Gasteiger partial charge in [-0.05, 0) is 96.9 Å². The summed E-state index contributed by atoms with van der Waals surface area (Å²) >= 11 is 2.87. The lowest BCUT2D eigenvalue weighted by atomic mass is 10.2. The lowest BCUT2D eigenvalue weighted by Gasteiger charge is -2.14. The summed E-state index contributed by atoms with van der Waals surface area (Å²) in [5.74, 6) is -0.240. The molecule has 3 amide bonds. The molecule has 1 unspecified atom stereocenters. The van der Waals surface area contributed by atoms with Crippen LogP contribution in [0.5, 0.6) is 5.75 Å². The minimum atomic E-state index is -0.459. The second kappa shape index (κ2) is 14.2. The van der Waals surface area contributed by atoms with E-state index in [1.54, 1.807) is 60.7 Å². The molecule has 204 valence electrons. The first-order valence-electron chi connectivity index (χ1n) is 12.6. The van der Waals surface area contributed by atoms with Gasteiger partial charge in [0.15, 0.2) is 0 Å². The van der Waals surface area contributed by atoms with Gasteiger partial charge in [0.25, 0.3) is 11.8 Å². The fourth-order valence-corrected chi connectivity index (χ4v) is 5.16. The van der Waals surface area contributed by atoms with Crippen molar-refractivity contribution < 1.29 is 19.1 Å². The molecule has 0 fully saturated rings. The van der Waals surface area contributed by atoms with Crippen LogP contribution in [0.25, 0.3) is 6.08 Å². The van der Waals surface area contributed by atoms with Gasteiger partial charge in [0, 0.05) is 21.8 Å². The molecule has 9 heteroatoms. The molecule has 0 saturated carbocycles. The van der Waals surface area contributed by atoms with Crippen LogP contribution in [-0.4, -0.2) is 29.6 Å². The maximum absolute atomic E-state index is 13.2. The highest BCUT2D eigenvalue weighted by Crippen LogP contribution is 2.27. The van der Waals surface area contributed by atoms with Crippen molar-refractivity contribution in [1.29, 1.82) is 0 Å². The van der Waals surface area contributed by atoms with Crippen molar-refractivity contribution in [2.45, 2.75) is 24.0 Å². The number of thioether (sulfide) groups is 1. The lowest BCUT2D eigenvalue weighted by molar-refractivity contribution is -0.115. The zero-order chi connectivity index (χ0) is 28.3. The predicted molar refractivity (Wildman–Crippen MR) is 163 cm³/mol. The van der Waals surface area contributed by atoms with E-state index in [9.17, 15) is 14.4 Å². The highest BCUT2D eigenvalue weighted by Gasteiger charge is 2.17. The average Bonchev–Trinajstić information content (AvgIpc) is 3.48. The van der Waals surface area contributed by atoms with E-state index >= 15 is 0 Å². The molecular formula is C31H29N3O4S2. The number of benzene rings is 3. The fourth-order valence-electron chi connectivity index (χ4n) is 3.61. The number of anilines is 2. The second-order valence-electron chi connectivity index (χ2n) is 8.62. The Hall–Kier alpha value is -4.34. The zero-order valence-electron chi connectivity index (χ0n) is 22.0. The summed E-state index contributed by atoms with van der Waals surface area (Å²) in [5.41, 5.74) is 2.60. The molecule has 1 aromatic heterocycles. The molecule has 1 heterocycles. The third-order valence-corrected chi connectivity index (χ3v) is 7.39. The van der Waals surface area contributed by atoms with Crippen LogP contribution in [0.4, 0.5) is 11.4 Å². The number of carbonyl (C=O) groups excluding carboxylic acids is 3. The maximum atomic E-state index is 13.2. The number of amides is 3. The number of thiophene rings is 1. The SMILES string of the molecule is CCOc1ccc(NC(=O)C(C)Sc2cccc(NC(=O)/C(=C/c3ccsc3)NC(=O)c3ccccc3)c2)cc1. The number of rotatable bonds is 11. The quantitative estimate of drug-likeness (QED) is 0.138. The summed E-state index contributed by atoms with van der Waals surface area (Å²) in [6.45, 7) is 4.31. The van der Waals surface area contributed by atoms with Crippen LogP contribution in [0.3, 0.4) is 0 Å². The van der Waals surface area contributed by atoms with Crippen molar-refractivity contribution in [3.05, 3.63) is 113 Å². The zero-order valence-corrected chi connectivity index (χ0v) is 23.7. The maximum Gasteiger partial charge on any atom is 0.272 e. The van der Waals surface area contributed by atoms with Gasteiger partial charge in [0.05, 0.1) is 11.9 Å². The molecule has 0 aliphatic carbocycles. The summed E-state index contributed by atoms with van der Waals surface area (Å²) in [5, 5.41) is 11.9. The van der Waals surface area contributed by atoms with E-state index in [0.717, 1.165) is 16.2 Å². The molecule has 7 nitrogen and oxygen atoms in total. The summed E-state index contributed by atoms with van der Waals surface area (Å²) in [6.07, 6.45) is 1.64. The van der Waals surface area contributed by atoms with Crippen LogP contribution in [-0.2, 0) is 9.59 Å². The molecule has 3 N–H and O–H groups in total. The smallest absolute Gasteiger partial charge is 0.272 e. The first-order valence-corrected chi connectivity index (χ1v) is 14.5. The summed E-state index contributed by atoms with van der Waals surface area (Å²) in [4.78, 5) is 39.6. The third-order valence-electron chi connectivity index (χ3n) is 5.59. The van der Waals surface area contributed by atoms with Crippen LogP contribution in [0, 0.1) is 0 Å². The Morgan fingerprint density at radius 1 is 0.925 bits per heavy atom. The first-order chi connectivity index (χ1) is 19.4.